The van der Waals surface area contributed by atoms with E-state index < -0.39 is 0 Å². The van der Waals surface area contributed by atoms with E-state index in [0.29, 0.717) is 18.4 Å². The van der Waals surface area contributed by atoms with Gasteiger partial charge in [-0.3, -0.25) is 4.79 Å². The molecule has 1 rings (SSSR count). The van der Waals surface area contributed by atoms with Gasteiger partial charge in [0.2, 0.25) is 5.91 Å². The fraction of sp³-hybridized carbons (Fsp3) is 0.923. The van der Waals surface area contributed by atoms with Gasteiger partial charge in [-0.1, -0.05) is 26.7 Å². The Kier molecular flexibility index (Phi) is 6.46. The Morgan fingerprint density at radius 3 is 2.94 bits per heavy atom. The van der Waals surface area contributed by atoms with Crippen molar-refractivity contribution in [1.29, 1.82) is 0 Å². The van der Waals surface area contributed by atoms with Crippen LogP contribution in [0.4, 0.5) is 0 Å². The highest BCUT2D eigenvalue weighted by Gasteiger charge is 2.20. The van der Waals surface area contributed by atoms with Crippen LogP contribution in [0.1, 0.15) is 52.4 Å². The summed E-state index contributed by atoms with van der Waals surface area (Å²) in [6.07, 6.45) is 6.59. The van der Waals surface area contributed by atoms with E-state index in [9.17, 15) is 4.79 Å². The molecule has 2 unspecified atom stereocenters. The number of hydrogen-bond acceptors (Lipinski definition) is 2. The standard InChI is InChI=1S/C13H26N2O/c1-3-4-5-8-13(16)15-10-12-11(2)7-6-9-14-12/h11-12,14H,3-10H2,1-2H3,(H,15,16). The van der Waals surface area contributed by atoms with E-state index in [2.05, 4.69) is 24.5 Å². The summed E-state index contributed by atoms with van der Waals surface area (Å²) in [4.78, 5) is 11.5. The summed E-state index contributed by atoms with van der Waals surface area (Å²) in [5, 5.41) is 6.52. The minimum atomic E-state index is 0.216. The van der Waals surface area contributed by atoms with Gasteiger partial charge >= 0.3 is 0 Å². The highest BCUT2D eigenvalue weighted by Crippen LogP contribution is 2.14. The molecule has 1 heterocycles. The van der Waals surface area contributed by atoms with Gasteiger partial charge in [0, 0.05) is 19.0 Å². The van der Waals surface area contributed by atoms with Gasteiger partial charge in [0.15, 0.2) is 0 Å². The third kappa shape index (κ3) is 4.97. The molecule has 16 heavy (non-hydrogen) atoms. The lowest BCUT2D eigenvalue weighted by Gasteiger charge is -2.30. The predicted octanol–water partition coefficient (Wildman–Crippen LogP) is 2.07. The molecule has 2 N–H and O–H groups in total. The maximum absolute atomic E-state index is 11.5. The van der Waals surface area contributed by atoms with Crippen LogP contribution in [0.5, 0.6) is 0 Å². The van der Waals surface area contributed by atoms with Crippen LogP contribution in [0.15, 0.2) is 0 Å². The van der Waals surface area contributed by atoms with Crippen molar-refractivity contribution in [2.45, 2.75) is 58.4 Å². The second-order valence-corrected chi connectivity index (χ2v) is 4.94. The fourth-order valence-corrected chi connectivity index (χ4v) is 2.23. The predicted molar refractivity (Wildman–Crippen MR) is 67.3 cm³/mol. The van der Waals surface area contributed by atoms with E-state index in [4.69, 9.17) is 0 Å². The van der Waals surface area contributed by atoms with Gasteiger partial charge < -0.3 is 10.6 Å². The first-order chi connectivity index (χ1) is 7.74. The first kappa shape index (κ1) is 13.5. The third-order valence-electron chi connectivity index (χ3n) is 3.46. The molecule has 1 aliphatic heterocycles. The smallest absolute Gasteiger partial charge is 0.220 e. The molecule has 0 spiro atoms. The SMILES string of the molecule is CCCCCC(=O)NCC1NCCCC1C. The van der Waals surface area contributed by atoms with Crippen molar-refractivity contribution in [1.82, 2.24) is 10.6 Å². The van der Waals surface area contributed by atoms with E-state index in [1.165, 1.54) is 19.3 Å². The van der Waals surface area contributed by atoms with Crippen LogP contribution < -0.4 is 10.6 Å². The van der Waals surface area contributed by atoms with Gasteiger partial charge in [0.05, 0.1) is 0 Å². The number of carbonyl (C=O) groups excluding carboxylic acids is 1. The number of unbranched alkanes of at least 4 members (excludes halogenated alkanes) is 2. The van der Waals surface area contributed by atoms with Crippen LogP contribution in [0, 0.1) is 5.92 Å². The number of carbonyl (C=O) groups is 1. The molecule has 0 saturated carbocycles. The topological polar surface area (TPSA) is 41.1 Å². The minimum Gasteiger partial charge on any atom is -0.355 e. The Morgan fingerprint density at radius 1 is 1.44 bits per heavy atom. The summed E-state index contributed by atoms with van der Waals surface area (Å²) in [6.45, 7) is 6.32. The third-order valence-corrected chi connectivity index (χ3v) is 3.46. The lowest BCUT2D eigenvalue weighted by molar-refractivity contribution is -0.121. The highest BCUT2D eigenvalue weighted by molar-refractivity contribution is 5.75. The fourth-order valence-electron chi connectivity index (χ4n) is 2.23. The molecular formula is C13H26N2O. The molecule has 94 valence electrons. The van der Waals surface area contributed by atoms with Crippen LogP contribution in [0.3, 0.4) is 0 Å². The Hall–Kier alpha value is -0.570. The number of piperidine rings is 1. The zero-order valence-electron chi connectivity index (χ0n) is 10.7. The van der Waals surface area contributed by atoms with Crippen LogP contribution in [-0.2, 0) is 4.79 Å². The van der Waals surface area contributed by atoms with E-state index >= 15 is 0 Å². The van der Waals surface area contributed by atoms with Crippen LogP contribution in [-0.4, -0.2) is 25.0 Å². The second-order valence-electron chi connectivity index (χ2n) is 4.94. The molecule has 3 heteroatoms. The van der Waals surface area contributed by atoms with Crippen molar-refractivity contribution in [3.8, 4) is 0 Å². The molecule has 1 aliphatic rings. The number of amides is 1. The molecule has 1 amide bonds. The maximum atomic E-state index is 11.5. The monoisotopic (exact) mass is 226 g/mol. The van der Waals surface area contributed by atoms with Crippen molar-refractivity contribution in [3.05, 3.63) is 0 Å². The Balaban J connectivity index is 2.10. The molecule has 1 saturated heterocycles. The molecule has 1 fully saturated rings. The van der Waals surface area contributed by atoms with Crippen molar-refractivity contribution in [2.75, 3.05) is 13.1 Å². The van der Waals surface area contributed by atoms with Crippen LogP contribution in [0.25, 0.3) is 0 Å². The molecular weight excluding hydrogens is 200 g/mol. The quantitative estimate of drug-likeness (QED) is 0.681. The van der Waals surface area contributed by atoms with E-state index in [1.807, 2.05) is 0 Å². The van der Waals surface area contributed by atoms with E-state index in [-0.39, 0.29) is 5.91 Å². The largest absolute Gasteiger partial charge is 0.355 e. The van der Waals surface area contributed by atoms with Crippen molar-refractivity contribution >= 4 is 5.91 Å². The molecule has 0 radical (unpaired) electrons. The van der Waals surface area contributed by atoms with Gasteiger partial charge in [-0.2, -0.15) is 0 Å². The van der Waals surface area contributed by atoms with Gasteiger partial charge in [-0.25, -0.2) is 0 Å². The second kappa shape index (κ2) is 7.66. The van der Waals surface area contributed by atoms with Gasteiger partial charge in [0.1, 0.15) is 0 Å². The summed E-state index contributed by atoms with van der Waals surface area (Å²) < 4.78 is 0. The summed E-state index contributed by atoms with van der Waals surface area (Å²) in [5.41, 5.74) is 0. The average Bonchev–Trinajstić information content (AvgIpc) is 2.28. The molecule has 2 atom stereocenters. The zero-order valence-corrected chi connectivity index (χ0v) is 10.7. The van der Waals surface area contributed by atoms with Crippen molar-refractivity contribution in [2.24, 2.45) is 5.92 Å². The van der Waals surface area contributed by atoms with E-state index in [1.54, 1.807) is 0 Å². The lowest BCUT2D eigenvalue weighted by atomic mass is 9.93. The minimum absolute atomic E-state index is 0.216. The number of rotatable bonds is 6. The van der Waals surface area contributed by atoms with Crippen molar-refractivity contribution < 1.29 is 4.79 Å². The molecule has 3 nitrogen and oxygen atoms in total. The highest BCUT2D eigenvalue weighted by atomic mass is 16.1. The van der Waals surface area contributed by atoms with E-state index in [0.717, 1.165) is 25.9 Å². The first-order valence-corrected chi connectivity index (χ1v) is 6.74. The normalized spacial score (nSPS) is 25.4. The molecule has 0 aliphatic carbocycles. The summed E-state index contributed by atoms with van der Waals surface area (Å²) in [6, 6.07) is 0.476. The summed E-state index contributed by atoms with van der Waals surface area (Å²) in [5.74, 6) is 0.901. The summed E-state index contributed by atoms with van der Waals surface area (Å²) >= 11 is 0. The Labute approximate surface area is 99.4 Å². The zero-order chi connectivity index (χ0) is 11.8. The van der Waals surface area contributed by atoms with Gasteiger partial charge in [-0.15, -0.1) is 0 Å². The summed E-state index contributed by atoms with van der Waals surface area (Å²) in [7, 11) is 0. The van der Waals surface area contributed by atoms with Crippen LogP contribution >= 0.6 is 0 Å². The van der Waals surface area contributed by atoms with Gasteiger partial charge in [0.25, 0.3) is 0 Å². The van der Waals surface area contributed by atoms with Crippen molar-refractivity contribution in [3.63, 3.8) is 0 Å². The molecule has 0 aromatic rings. The average molecular weight is 226 g/mol. The van der Waals surface area contributed by atoms with Gasteiger partial charge in [-0.05, 0) is 31.7 Å². The number of hydrogen-bond donors (Lipinski definition) is 2. The lowest BCUT2D eigenvalue weighted by Crippen LogP contribution is -2.47. The molecule has 0 aromatic heterocycles. The van der Waals surface area contributed by atoms with Crippen LogP contribution in [0.2, 0.25) is 0 Å². The Morgan fingerprint density at radius 2 is 2.25 bits per heavy atom. The Bertz CT molecular complexity index is 206. The first-order valence-electron chi connectivity index (χ1n) is 6.74. The molecule has 0 bridgehead atoms. The number of nitrogens with one attached hydrogen (secondary N) is 2. The maximum Gasteiger partial charge on any atom is 0.220 e. The molecule has 0 aromatic carbocycles.